The fraction of sp³-hybridized carbons (Fsp3) is 0.444. The van der Waals surface area contributed by atoms with E-state index < -0.39 is 0 Å². The molecule has 1 aliphatic rings. The second-order valence-corrected chi connectivity index (χ2v) is 6.14. The first kappa shape index (κ1) is 17.4. The van der Waals surface area contributed by atoms with Crippen LogP contribution >= 0.6 is 0 Å². The van der Waals surface area contributed by atoms with Gasteiger partial charge in [0.05, 0.1) is 13.2 Å². The topological polar surface area (TPSA) is 62.6 Å². The molecule has 1 aliphatic heterocycles. The van der Waals surface area contributed by atoms with Crippen molar-refractivity contribution in [2.24, 2.45) is 0 Å². The minimum Gasteiger partial charge on any atom is -0.383 e. The number of aromatic nitrogens is 2. The Morgan fingerprint density at radius 3 is 2.64 bits per heavy atom. The monoisotopic (exact) mass is 343 g/mol. The van der Waals surface area contributed by atoms with Crippen LogP contribution in [0.5, 0.6) is 0 Å². The molecule has 1 N–H and O–H groups in total. The van der Waals surface area contributed by atoms with Crippen LogP contribution in [0, 0.1) is 0 Å². The van der Waals surface area contributed by atoms with Crippen molar-refractivity contribution in [1.82, 2.24) is 19.6 Å². The number of rotatable bonds is 6. The number of nitrogens with zero attached hydrogens (tertiary/aromatic N) is 4. The highest BCUT2D eigenvalue weighted by molar-refractivity contribution is 5.88. The highest BCUT2D eigenvalue weighted by atomic mass is 16.5. The number of benzene rings is 1. The molecule has 0 saturated carbocycles. The Hall–Kier alpha value is -2.38. The lowest BCUT2D eigenvalue weighted by Gasteiger charge is -2.34. The van der Waals surface area contributed by atoms with E-state index in [0.717, 1.165) is 32.7 Å². The molecule has 0 atom stereocenters. The van der Waals surface area contributed by atoms with Crippen molar-refractivity contribution >= 4 is 11.8 Å². The Bertz CT molecular complexity index is 665. The molecule has 0 unspecified atom stereocenters. The number of hydrogen-bond acceptors (Lipinski definition) is 4. The number of hydrogen-bond donors (Lipinski definition) is 1. The van der Waals surface area contributed by atoms with Gasteiger partial charge in [-0.25, -0.2) is 4.79 Å². The lowest BCUT2D eigenvalue weighted by atomic mass is 10.2. The third-order valence-corrected chi connectivity index (χ3v) is 4.31. The summed E-state index contributed by atoms with van der Waals surface area (Å²) >= 11 is 0. The van der Waals surface area contributed by atoms with Crippen LogP contribution in [0.4, 0.5) is 10.6 Å². The van der Waals surface area contributed by atoms with Crippen LogP contribution in [-0.2, 0) is 17.8 Å². The number of anilines is 1. The van der Waals surface area contributed by atoms with Crippen LogP contribution in [0.25, 0.3) is 0 Å². The van der Waals surface area contributed by atoms with E-state index in [1.807, 2.05) is 17.2 Å². The van der Waals surface area contributed by atoms with Crippen LogP contribution in [-0.4, -0.2) is 65.5 Å². The van der Waals surface area contributed by atoms with Crippen LogP contribution in [0.2, 0.25) is 0 Å². The first-order chi connectivity index (χ1) is 12.2. The number of carbonyl (C=O) groups excluding carboxylic acids is 1. The number of nitrogens with one attached hydrogen (secondary N) is 1. The zero-order valence-electron chi connectivity index (χ0n) is 14.6. The van der Waals surface area contributed by atoms with E-state index in [1.165, 1.54) is 5.56 Å². The van der Waals surface area contributed by atoms with Crippen molar-refractivity contribution in [3.05, 3.63) is 48.2 Å². The zero-order valence-corrected chi connectivity index (χ0v) is 14.6. The van der Waals surface area contributed by atoms with Crippen molar-refractivity contribution in [2.45, 2.75) is 13.1 Å². The van der Waals surface area contributed by atoms with Crippen molar-refractivity contribution < 1.29 is 9.53 Å². The summed E-state index contributed by atoms with van der Waals surface area (Å²) in [5.74, 6) is 0.577. The molecule has 0 radical (unpaired) electrons. The first-order valence-corrected chi connectivity index (χ1v) is 8.59. The van der Waals surface area contributed by atoms with Crippen LogP contribution in [0.15, 0.2) is 42.6 Å². The van der Waals surface area contributed by atoms with Crippen molar-refractivity contribution in [3.8, 4) is 0 Å². The van der Waals surface area contributed by atoms with E-state index >= 15 is 0 Å². The summed E-state index contributed by atoms with van der Waals surface area (Å²) in [4.78, 5) is 16.6. The summed E-state index contributed by atoms with van der Waals surface area (Å²) in [6, 6.07) is 12.1. The van der Waals surface area contributed by atoms with Crippen molar-refractivity contribution in [3.63, 3.8) is 0 Å². The molecule has 0 aliphatic carbocycles. The van der Waals surface area contributed by atoms with Crippen LogP contribution < -0.4 is 5.32 Å². The Morgan fingerprint density at radius 2 is 1.92 bits per heavy atom. The summed E-state index contributed by atoms with van der Waals surface area (Å²) in [6.45, 7) is 5.41. The molecule has 7 heteroatoms. The number of amides is 2. The van der Waals surface area contributed by atoms with Gasteiger partial charge in [0.25, 0.3) is 0 Å². The number of methoxy groups -OCH3 is 1. The number of piperazine rings is 1. The van der Waals surface area contributed by atoms with Gasteiger partial charge in [-0.3, -0.25) is 14.9 Å². The van der Waals surface area contributed by atoms with Gasteiger partial charge in [0.1, 0.15) is 0 Å². The molecule has 3 rings (SSSR count). The maximum Gasteiger partial charge on any atom is 0.323 e. The fourth-order valence-corrected chi connectivity index (χ4v) is 2.88. The van der Waals surface area contributed by atoms with Gasteiger partial charge in [-0.2, -0.15) is 5.10 Å². The summed E-state index contributed by atoms with van der Waals surface area (Å²) in [5, 5.41) is 7.19. The molecule has 0 spiro atoms. The molecule has 2 aromatic rings. The van der Waals surface area contributed by atoms with E-state index in [9.17, 15) is 4.79 Å². The smallest absolute Gasteiger partial charge is 0.323 e. The van der Waals surface area contributed by atoms with E-state index in [2.05, 4.69) is 39.6 Å². The Kier molecular flexibility index (Phi) is 6.03. The van der Waals surface area contributed by atoms with E-state index in [1.54, 1.807) is 17.9 Å². The average Bonchev–Trinajstić information content (AvgIpc) is 3.08. The summed E-state index contributed by atoms with van der Waals surface area (Å²) in [6.07, 6.45) is 1.84. The van der Waals surface area contributed by atoms with Crippen molar-refractivity contribution in [2.75, 3.05) is 45.2 Å². The number of urea groups is 1. The molecule has 1 saturated heterocycles. The zero-order chi connectivity index (χ0) is 17.5. The molecule has 1 aromatic carbocycles. The molecule has 2 heterocycles. The first-order valence-electron chi connectivity index (χ1n) is 8.59. The highest BCUT2D eigenvalue weighted by Gasteiger charge is 2.21. The van der Waals surface area contributed by atoms with E-state index in [0.29, 0.717) is 19.0 Å². The van der Waals surface area contributed by atoms with E-state index in [4.69, 9.17) is 4.74 Å². The molecule has 2 amide bonds. The second kappa shape index (κ2) is 8.64. The number of ether oxygens (including phenoxy) is 1. The van der Waals surface area contributed by atoms with Gasteiger partial charge >= 0.3 is 6.03 Å². The summed E-state index contributed by atoms with van der Waals surface area (Å²) in [5.41, 5.74) is 1.31. The minimum atomic E-state index is -0.0867. The fourth-order valence-electron chi connectivity index (χ4n) is 2.88. The Labute approximate surface area is 148 Å². The molecule has 25 heavy (non-hydrogen) atoms. The molecular formula is C18H25N5O2. The van der Waals surface area contributed by atoms with Gasteiger partial charge in [-0.15, -0.1) is 0 Å². The predicted molar refractivity (Wildman–Crippen MR) is 96.4 cm³/mol. The molecule has 0 bridgehead atoms. The van der Waals surface area contributed by atoms with Gasteiger partial charge < -0.3 is 9.64 Å². The van der Waals surface area contributed by atoms with Gasteiger partial charge in [0, 0.05) is 52.1 Å². The molecule has 1 fully saturated rings. The molecule has 1 aromatic heterocycles. The predicted octanol–water partition coefficient (Wildman–Crippen LogP) is 1.88. The quantitative estimate of drug-likeness (QED) is 0.870. The lowest BCUT2D eigenvalue weighted by Crippen LogP contribution is -2.49. The maximum absolute atomic E-state index is 12.4. The Morgan fingerprint density at radius 1 is 1.16 bits per heavy atom. The van der Waals surface area contributed by atoms with Crippen molar-refractivity contribution in [1.29, 1.82) is 0 Å². The highest BCUT2D eigenvalue weighted by Crippen LogP contribution is 2.10. The van der Waals surface area contributed by atoms with Crippen LogP contribution in [0.1, 0.15) is 5.56 Å². The lowest BCUT2D eigenvalue weighted by molar-refractivity contribution is 0.143. The standard InChI is InChI=1S/C18H25N5O2/c1-25-14-13-23-8-7-17(20-23)19-18(24)22-11-9-21(10-12-22)15-16-5-3-2-4-6-16/h2-8H,9-15H2,1H3,(H,19,20,24). The molecule has 7 nitrogen and oxygen atoms in total. The SMILES string of the molecule is COCCn1ccc(NC(=O)N2CCN(Cc3ccccc3)CC2)n1. The number of carbonyl (C=O) groups is 1. The Balaban J connectivity index is 1.44. The molecular weight excluding hydrogens is 318 g/mol. The normalized spacial score (nSPS) is 15.3. The minimum absolute atomic E-state index is 0.0867. The molecule has 134 valence electrons. The maximum atomic E-state index is 12.4. The third-order valence-electron chi connectivity index (χ3n) is 4.31. The van der Waals surface area contributed by atoms with E-state index in [-0.39, 0.29) is 6.03 Å². The summed E-state index contributed by atoms with van der Waals surface area (Å²) < 4.78 is 6.78. The third kappa shape index (κ3) is 5.04. The average molecular weight is 343 g/mol. The van der Waals surface area contributed by atoms with Crippen LogP contribution in [0.3, 0.4) is 0 Å². The largest absolute Gasteiger partial charge is 0.383 e. The van der Waals surface area contributed by atoms with Gasteiger partial charge in [-0.05, 0) is 5.56 Å². The van der Waals surface area contributed by atoms with Gasteiger partial charge in [0.2, 0.25) is 0 Å². The van der Waals surface area contributed by atoms with Gasteiger partial charge in [-0.1, -0.05) is 30.3 Å². The second-order valence-electron chi connectivity index (χ2n) is 6.14. The van der Waals surface area contributed by atoms with Gasteiger partial charge in [0.15, 0.2) is 5.82 Å². The summed E-state index contributed by atoms with van der Waals surface area (Å²) in [7, 11) is 1.66.